The van der Waals surface area contributed by atoms with Gasteiger partial charge in [-0.25, -0.2) is 8.42 Å². The highest BCUT2D eigenvalue weighted by molar-refractivity contribution is 7.92. The summed E-state index contributed by atoms with van der Waals surface area (Å²) in [6.45, 7) is 0. The van der Waals surface area contributed by atoms with Crippen molar-refractivity contribution in [3.8, 4) is 0 Å². The lowest BCUT2D eigenvalue weighted by Gasteiger charge is -2.03. The topological polar surface area (TPSA) is 83.5 Å². The molecule has 0 aliphatic carbocycles. The SMILES string of the molecule is CNc1ccc(S(=O)(=O)CC(=O)O)cc1. The molecule has 0 aliphatic heterocycles. The van der Waals surface area contributed by atoms with Crippen molar-refractivity contribution in [2.75, 3.05) is 18.1 Å². The van der Waals surface area contributed by atoms with Crippen molar-refractivity contribution in [2.45, 2.75) is 4.90 Å². The van der Waals surface area contributed by atoms with Crippen LogP contribution in [0.4, 0.5) is 5.69 Å². The molecule has 0 radical (unpaired) electrons. The Bertz CT molecular complexity index is 450. The monoisotopic (exact) mass is 229 g/mol. The first-order valence-electron chi connectivity index (χ1n) is 4.18. The zero-order chi connectivity index (χ0) is 11.5. The third-order valence-corrected chi connectivity index (χ3v) is 3.43. The maximum atomic E-state index is 11.4. The Kier molecular flexibility index (Phi) is 3.31. The van der Waals surface area contributed by atoms with Gasteiger partial charge in [-0.15, -0.1) is 0 Å². The van der Waals surface area contributed by atoms with Gasteiger partial charge in [-0.1, -0.05) is 0 Å². The van der Waals surface area contributed by atoms with Gasteiger partial charge in [0.05, 0.1) is 4.90 Å². The van der Waals surface area contributed by atoms with E-state index in [2.05, 4.69) is 5.32 Å². The Balaban J connectivity index is 3.01. The van der Waals surface area contributed by atoms with E-state index in [4.69, 9.17) is 5.11 Å². The number of aliphatic carboxylic acids is 1. The molecule has 0 amide bonds. The number of anilines is 1. The van der Waals surface area contributed by atoms with Crippen LogP contribution in [-0.2, 0) is 14.6 Å². The molecular formula is C9H11NO4S. The Hall–Kier alpha value is -1.56. The predicted molar refractivity (Wildman–Crippen MR) is 55.7 cm³/mol. The molecule has 1 aromatic carbocycles. The van der Waals surface area contributed by atoms with E-state index in [9.17, 15) is 13.2 Å². The Labute approximate surface area is 87.7 Å². The summed E-state index contributed by atoms with van der Waals surface area (Å²) < 4.78 is 22.9. The van der Waals surface area contributed by atoms with E-state index in [0.29, 0.717) is 0 Å². The van der Waals surface area contributed by atoms with Crippen molar-refractivity contribution < 1.29 is 18.3 Å². The van der Waals surface area contributed by atoms with Crippen molar-refractivity contribution in [1.29, 1.82) is 0 Å². The molecule has 0 aromatic heterocycles. The molecule has 0 unspecified atom stereocenters. The molecule has 0 fully saturated rings. The highest BCUT2D eigenvalue weighted by Crippen LogP contribution is 2.14. The number of benzene rings is 1. The fourth-order valence-corrected chi connectivity index (χ4v) is 2.12. The number of carbonyl (C=O) groups is 1. The summed E-state index contributed by atoms with van der Waals surface area (Å²) in [5, 5.41) is 11.3. The van der Waals surface area contributed by atoms with Crippen LogP contribution in [0.25, 0.3) is 0 Å². The van der Waals surface area contributed by atoms with Crippen molar-refractivity contribution in [1.82, 2.24) is 0 Å². The second kappa shape index (κ2) is 4.31. The molecule has 0 saturated heterocycles. The third-order valence-electron chi connectivity index (χ3n) is 1.82. The average Bonchev–Trinajstić information content (AvgIpc) is 2.16. The van der Waals surface area contributed by atoms with Crippen LogP contribution in [0.2, 0.25) is 0 Å². The lowest BCUT2D eigenvalue weighted by atomic mass is 10.3. The van der Waals surface area contributed by atoms with E-state index in [1.165, 1.54) is 12.1 Å². The van der Waals surface area contributed by atoms with Crippen LogP contribution < -0.4 is 5.32 Å². The van der Waals surface area contributed by atoms with Gasteiger partial charge in [-0.05, 0) is 24.3 Å². The minimum absolute atomic E-state index is 0.0175. The maximum Gasteiger partial charge on any atom is 0.319 e. The Morgan fingerprint density at radius 3 is 2.27 bits per heavy atom. The number of rotatable bonds is 4. The van der Waals surface area contributed by atoms with Crippen LogP contribution in [0.1, 0.15) is 0 Å². The molecule has 6 heteroatoms. The first kappa shape index (κ1) is 11.5. The van der Waals surface area contributed by atoms with Gasteiger partial charge in [0.2, 0.25) is 0 Å². The summed E-state index contributed by atoms with van der Waals surface area (Å²) in [7, 11) is -2.00. The molecule has 0 bridgehead atoms. The number of sulfone groups is 1. The molecule has 0 heterocycles. The Morgan fingerprint density at radius 1 is 1.33 bits per heavy atom. The highest BCUT2D eigenvalue weighted by atomic mass is 32.2. The minimum Gasteiger partial charge on any atom is -0.480 e. The van der Waals surface area contributed by atoms with Crippen LogP contribution in [0.5, 0.6) is 0 Å². The Morgan fingerprint density at radius 2 is 1.87 bits per heavy atom. The second-order valence-electron chi connectivity index (χ2n) is 2.93. The van der Waals surface area contributed by atoms with Gasteiger partial charge < -0.3 is 10.4 Å². The first-order valence-corrected chi connectivity index (χ1v) is 5.83. The lowest BCUT2D eigenvalue weighted by molar-refractivity contribution is -0.134. The van der Waals surface area contributed by atoms with E-state index in [-0.39, 0.29) is 4.90 Å². The third kappa shape index (κ3) is 2.95. The van der Waals surface area contributed by atoms with Gasteiger partial charge in [0, 0.05) is 12.7 Å². The molecular weight excluding hydrogens is 218 g/mol. The normalized spacial score (nSPS) is 11.0. The summed E-state index contributed by atoms with van der Waals surface area (Å²) in [5.41, 5.74) is 0.768. The molecule has 0 atom stereocenters. The van der Waals surface area contributed by atoms with E-state index in [1.54, 1.807) is 19.2 Å². The van der Waals surface area contributed by atoms with Crippen molar-refractivity contribution in [3.05, 3.63) is 24.3 Å². The quantitative estimate of drug-likeness (QED) is 0.789. The van der Waals surface area contributed by atoms with E-state index in [1.807, 2.05) is 0 Å². The van der Waals surface area contributed by atoms with Gasteiger partial charge in [0.1, 0.15) is 0 Å². The molecule has 15 heavy (non-hydrogen) atoms. The van der Waals surface area contributed by atoms with Crippen molar-refractivity contribution in [2.24, 2.45) is 0 Å². The molecule has 1 rings (SSSR count). The summed E-state index contributed by atoms with van der Waals surface area (Å²) >= 11 is 0. The fraction of sp³-hybridized carbons (Fsp3) is 0.222. The van der Waals surface area contributed by atoms with Crippen LogP contribution in [-0.4, -0.2) is 32.3 Å². The van der Waals surface area contributed by atoms with Gasteiger partial charge in [-0.2, -0.15) is 0 Å². The van der Waals surface area contributed by atoms with Crippen LogP contribution in [0.15, 0.2) is 29.2 Å². The van der Waals surface area contributed by atoms with Crippen LogP contribution in [0, 0.1) is 0 Å². The summed E-state index contributed by atoms with van der Waals surface area (Å²) in [5.74, 6) is -2.24. The largest absolute Gasteiger partial charge is 0.480 e. The molecule has 2 N–H and O–H groups in total. The van der Waals surface area contributed by atoms with Gasteiger partial charge in [-0.3, -0.25) is 4.79 Å². The second-order valence-corrected chi connectivity index (χ2v) is 4.92. The first-order chi connectivity index (χ1) is 6.95. The molecule has 0 aliphatic rings. The van der Waals surface area contributed by atoms with Gasteiger partial charge in [0.15, 0.2) is 15.6 Å². The van der Waals surface area contributed by atoms with Crippen LogP contribution in [0.3, 0.4) is 0 Å². The summed E-state index contributed by atoms with van der Waals surface area (Å²) in [4.78, 5) is 10.3. The zero-order valence-corrected chi connectivity index (χ0v) is 8.91. The summed E-state index contributed by atoms with van der Waals surface area (Å²) in [6.07, 6.45) is 0. The molecule has 0 saturated carbocycles. The number of carboxylic acids is 1. The number of carboxylic acid groups (broad SMARTS) is 1. The summed E-state index contributed by atoms with van der Waals surface area (Å²) in [6, 6.07) is 5.91. The standard InChI is InChI=1S/C9H11NO4S/c1-10-7-2-4-8(5-3-7)15(13,14)6-9(11)12/h2-5,10H,6H2,1H3,(H,11,12). The number of nitrogens with one attached hydrogen (secondary N) is 1. The maximum absolute atomic E-state index is 11.4. The van der Waals surface area contributed by atoms with Crippen molar-refractivity contribution >= 4 is 21.5 Å². The molecule has 1 aromatic rings. The van der Waals surface area contributed by atoms with Crippen LogP contribution >= 0.6 is 0 Å². The van der Waals surface area contributed by atoms with E-state index < -0.39 is 21.6 Å². The number of hydrogen-bond acceptors (Lipinski definition) is 4. The highest BCUT2D eigenvalue weighted by Gasteiger charge is 2.18. The lowest BCUT2D eigenvalue weighted by Crippen LogP contribution is -2.15. The van der Waals surface area contributed by atoms with Gasteiger partial charge >= 0.3 is 5.97 Å². The van der Waals surface area contributed by atoms with E-state index >= 15 is 0 Å². The smallest absolute Gasteiger partial charge is 0.319 e. The molecule has 5 nitrogen and oxygen atoms in total. The molecule has 0 spiro atoms. The molecule has 82 valence electrons. The van der Waals surface area contributed by atoms with Gasteiger partial charge in [0.25, 0.3) is 0 Å². The zero-order valence-electron chi connectivity index (χ0n) is 8.10. The number of hydrogen-bond donors (Lipinski definition) is 2. The van der Waals surface area contributed by atoms with E-state index in [0.717, 1.165) is 5.69 Å². The average molecular weight is 229 g/mol. The fourth-order valence-electron chi connectivity index (χ4n) is 1.07. The predicted octanol–water partition coefficient (Wildman–Crippen LogP) is 0.587. The van der Waals surface area contributed by atoms with Crippen molar-refractivity contribution in [3.63, 3.8) is 0 Å². The minimum atomic E-state index is -3.71.